The van der Waals surface area contributed by atoms with Gasteiger partial charge < -0.3 is 5.11 Å². The van der Waals surface area contributed by atoms with Crippen molar-refractivity contribution in [2.75, 3.05) is 6.54 Å². The van der Waals surface area contributed by atoms with E-state index >= 15 is 0 Å². The number of hydrogen-bond donors (Lipinski definition) is 1. The number of carboxylic acid groups (broad SMARTS) is 1. The Morgan fingerprint density at radius 3 is 2.22 bits per heavy atom. The van der Waals surface area contributed by atoms with Gasteiger partial charge in [0.25, 0.3) is 0 Å². The second-order valence-electron chi connectivity index (χ2n) is 5.24. The number of likely N-dealkylation sites (N-methyl/N-ethyl adjacent to an activating group) is 1. The zero-order valence-electron chi connectivity index (χ0n) is 11.9. The zero-order valence-corrected chi connectivity index (χ0v) is 11.9. The van der Waals surface area contributed by atoms with Crippen LogP contribution >= 0.6 is 0 Å². The molecule has 3 nitrogen and oxygen atoms in total. The molecule has 3 heteroatoms. The first-order valence-electron chi connectivity index (χ1n) is 6.37. The monoisotopic (exact) mass is 249 g/mol. The van der Waals surface area contributed by atoms with Gasteiger partial charge >= 0.3 is 5.97 Å². The van der Waals surface area contributed by atoms with Gasteiger partial charge in [0.1, 0.15) is 5.54 Å². The molecular weight excluding hydrogens is 226 g/mol. The average molecular weight is 249 g/mol. The molecule has 1 atom stereocenters. The summed E-state index contributed by atoms with van der Waals surface area (Å²) < 4.78 is 0. The molecule has 1 aromatic rings. The van der Waals surface area contributed by atoms with E-state index in [1.165, 1.54) is 5.56 Å². The lowest BCUT2D eigenvalue weighted by Crippen LogP contribution is -2.50. The van der Waals surface area contributed by atoms with Crippen LogP contribution < -0.4 is 0 Å². The van der Waals surface area contributed by atoms with Crippen molar-refractivity contribution in [1.82, 2.24) is 4.90 Å². The summed E-state index contributed by atoms with van der Waals surface area (Å²) in [5, 5.41) is 9.34. The summed E-state index contributed by atoms with van der Waals surface area (Å²) in [5.41, 5.74) is 1.50. The Morgan fingerprint density at radius 1 is 1.33 bits per heavy atom. The van der Waals surface area contributed by atoms with Crippen LogP contribution in [0.15, 0.2) is 24.3 Å². The highest BCUT2D eigenvalue weighted by Gasteiger charge is 2.36. The van der Waals surface area contributed by atoms with E-state index in [4.69, 9.17) is 0 Å². The van der Waals surface area contributed by atoms with Gasteiger partial charge in [0.05, 0.1) is 0 Å². The van der Waals surface area contributed by atoms with Crippen molar-refractivity contribution in [3.8, 4) is 0 Å². The molecule has 1 unspecified atom stereocenters. The average Bonchev–Trinajstić information content (AvgIpc) is 2.30. The first kappa shape index (κ1) is 14.7. The van der Waals surface area contributed by atoms with E-state index in [-0.39, 0.29) is 6.04 Å². The zero-order chi connectivity index (χ0) is 13.9. The molecule has 0 saturated heterocycles. The molecule has 0 radical (unpaired) electrons. The van der Waals surface area contributed by atoms with Crippen molar-refractivity contribution in [3.05, 3.63) is 35.4 Å². The van der Waals surface area contributed by atoms with Gasteiger partial charge in [-0.3, -0.25) is 9.69 Å². The van der Waals surface area contributed by atoms with Crippen LogP contribution in [-0.2, 0) is 4.79 Å². The van der Waals surface area contributed by atoms with E-state index in [0.29, 0.717) is 6.54 Å². The minimum absolute atomic E-state index is 0.0849. The third-order valence-electron chi connectivity index (χ3n) is 3.61. The van der Waals surface area contributed by atoms with Crippen molar-refractivity contribution in [3.63, 3.8) is 0 Å². The van der Waals surface area contributed by atoms with Gasteiger partial charge in [-0.25, -0.2) is 0 Å². The Morgan fingerprint density at radius 2 is 1.83 bits per heavy atom. The number of carboxylic acids is 1. The molecule has 0 aliphatic carbocycles. The molecular formula is C15H23NO2. The van der Waals surface area contributed by atoms with Crippen LogP contribution in [0.3, 0.4) is 0 Å². The summed E-state index contributed by atoms with van der Waals surface area (Å²) in [6.07, 6.45) is 0. The number of aryl methyl sites for hydroxylation is 1. The maximum absolute atomic E-state index is 11.4. The molecule has 0 saturated carbocycles. The van der Waals surface area contributed by atoms with E-state index in [9.17, 15) is 9.90 Å². The van der Waals surface area contributed by atoms with Gasteiger partial charge in [0, 0.05) is 6.04 Å². The van der Waals surface area contributed by atoms with E-state index in [1.54, 1.807) is 13.8 Å². The number of hydrogen-bond acceptors (Lipinski definition) is 2. The molecule has 0 heterocycles. The molecule has 1 aromatic carbocycles. The summed E-state index contributed by atoms with van der Waals surface area (Å²) in [4.78, 5) is 13.4. The molecule has 18 heavy (non-hydrogen) atoms. The van der Waals surface area contributed by atoms with Crippen LogP contribution in [0, 0.1) is 6.92 Å². The van der Waals surface area contributed by atoms with E-state index in [0.717, 1.165) is 5.56 Å². The second kappa shape index (κ2) is 5.53. The van der Waals surface area contributed by atoms with Crippen LogP contribution in [0.5, 0.6) is 0 Å². The fraction of sp³-hybridized carbons (Fsp3) is 0.533. The third-order valence-corrected chi connectivity index (χ3v) is 3.61. The van der Waals surface area contributed by atoms with Crippen LogP contribution in [-0.4, -0.2) is 28.1 Å². The van der Waals surface area contributed by atoms with Crippen molar-refractivity contribution in [2.24, 2.45) is 0 Å². The highest BCUT2D eigenvalue weighted by Crippen LogP contribution is 2.28. The Hall–Kier alpha value is -1.35. The number of rotatable bonds is 5. The van der Waals surface area contributed by atoms with Crippen molar-refractivity contribution in [2.45, 2.75) is 46.2 Å². The van der Waals surface area contributed by atoms with Crippen LogP contribution in [0.2, 0.25) is 0 Å². The van der Waals surface area contributed by atoms with Gasteiger partial charge in [0.2, 0.25) is 0 Å². The minimum atomic E-state index is -0.862. The number of benzene rings is 1. The highest BCUT2D eigenvalue weighted by molar-refractivity contribution is 5.77. The number of carbonyl (C=O) groups is 1. The Balaban J connectivity index is 3.02. The predicted molar refractivity (Wildman–Crippen MR) is 73.7 cm³/mol. The molecule has 0 fully saturated rings. The normalized spacial score (nSPS) is 13.7. The molecule has 1 N–H and O–H groups in total. The number of nitrogens with zero attached hydrogens (tertiary/aromatic N) is 1. The molecule has 0 amide bonds. The third kappa shape index (κ3) is 2.91. The summed E-state index contributed by atoms with van der Waals surface area (Å²) in [6, 6.07) is 8.35. The lowest BCUT2D eigenvalue weighted by molar-refractivity contribution is -0.150. The molecule has 1 rings (SSSR count). The SMILES string of the molecule is CCN(C(C)c1ccc(C)cc1)C(C)(C)C(=O)O. The Kier molecular flexibility index (Phi) is 4.52. The number of aliphatic carboxylic acids is 1. The van der Waals surface area contributed by atoms with Gasteiger partial charge in [-0.1, -0.05) is 36.8 Å². The molecule has 0 aliphatic heterocycles. The molecule has 0 aromatic heterocycles. The maximum atomic E-state index is 11.4. The predicted octanol–water partition coefficient (Wildman–Crippen LogP) is 3.24. The van der Waals surface area contributed by atoms with Crippen LogP contribution in [0.1, 0.15) is 44.9 Å². The molecule has 0 spiro atoms. The highest BCUT2D eigenvalue weighted by atomic mass is 16.4. The quantitative estimate of drug-likeness (QED) is 0.871. The van der Waals surface area contributed by atoms with Crippen LogP contribution in [0.25, 0.3) is 0 Å². The van der Waals surface area contributed by atoms with Gasteiger partial charge in [0.15, 0.2) is 0 Å². The summed E-state index contributed by atoms with van der Waals surface area (Å²) in [6.45, 7) is 10.3. The summed E-state index contributed by atoms with van der Waals surface area (Å²) in [5.74, 6) is -0.789. The lowest BCUT2D eigenvalue weighted by atomic mass is 9.97. The maximum Gasteiger partial charge on any atom is 0.323 e. The molecule has 100 valence electrons. The molecule has 0 bridgehead atoms. The standard InChI is InChI=1S/C15H23NO2/c1-6-16(15(4,5)14(17)18)12(3)13-9-7-11(2)8-10-13/h7-10,12H,6H2,1-5H3,(H,17,18). The van der Waals surface area contributed by atoms with Crippen molar-refractivity contribution >= 4 is 5.97 Å². The van der Waals surface area contributed by atoms with Gasteiger partial charge in [-0.05, 0) is 39.8 Å². The van der Waals surface area contributed by atoms with Gasteiger partial charge in [-0.15, -0.1) is 0 Å². The summed E-state index contributed by atoms with van der Waals surface area (Å²) in [7, 11) is 0. The Bertz CT molecular complexity index is 409. The fourth-order valence-electron chi connectivity index (χ4n) is 2.30. The van der Waals surface area contributed by atoms with E-state index < -0.39 is 11.5 Å². The second-order valence-corrected chi connectivity index (χ2v) is 5.24. The van der Waals surface area contributed by atoms with E-state index in [2.05, 4.69) is 31.2 Å². The smallest absolute Gasteiger partial charge is 0.323 e. The van der Waals surface area contributed by atoms with Gasteiger partial charge in [-0.2, -0.15) is 0 Å². The van der Waals surface area contributed by atoms with E-state index in [1.807, 2.05) is 18.7 Å². The Labute approximate surface area is 109 Å². The lowest BCUT2D eigenvalue weighted by Gasteiger charge is -2.39. The summed E-state index contributed by atoms with van der Waals surface area (Å²) >= 11 is 0. The van der Waals surface area contributed by atoms with Crippen LogP contribution in [0.4, 0.5) is 0 Å². The van der Waals surface area contributed by atoms with Crippen molar-refractivity contribution in [1.29, 1.82) is 0 Å². The minimum Gasteiger partial charge on any atom is -0.480 e. The molecule has 0 aliphatic rings. The largest absolute Gasteiger partial charge is 0.480 e. The topological polar surface area (TPSA) is 40.5 Å². The first-order chi connectivity index (χ1) is 8.30. The fourth-order valence-corrected chi connectivity index (χ4v) is 2.30. The first-order valence-corrected chi connectivity index (χ1v) is 6.37. The van der Waals surface area contributed by atoms with Crippen molar-refractivity contribution < 1.29 is 9.90 Å².